The number of rotatable bonds is 2. The lowest BCUT2D eigenvalue weighted by atomic mass is 9.97. The fraction of sp³-hybridized carbons (Fsp3) is 0.714. The van der Waals surface area contributed by atoms with Crippen molar-refractivity contribution in [3.05, 3.63) is 16.4 Å². The molecule has 1 aromatic rings. The van der Waals surface area contributed by atoms with Gasteiger partial charge in [0.2, 0.25) is 5.95 Å². The van der Waals surface area contributed by atoms with Crippen molar-refractivity contribution in [3.63, 3.8) is 0 Å². The zero-order valence-corrected chi connectivity index (χ0v) is 12.3. The minimum atomic E-state index is 0.678. The molecule has 1 saturated heterocycles. The van der Waals surface area contributed by atoms with Crippen LogP contribution in [0.5, 0.6) is 0 Å². The molecule has 2 aliphatic rings. The number of hydrogen-bond acceptors (Lipinski definition) is 4. The van der Waals surface area contributed by atoms with Crippen molar-refractivity contribution < 1.29 is 0 Å². The molecular weight excluding hydrogens is 260 g/mol. The Morgan fingerprint density at radius 1 is 1.05 bits per heavy atom. The Labute approximate surface area is 119 Å². The zero-order valence-electron chi connectivity index (χ0n) is 11.5. The van der Waals surface area contributed by atoms with Crippen LogP contribution in [-0.4, -0.2) is 47.6 Å². The number of piperazine rings is 1. The van der Waals surface area contributed by atoms with Gasteiger partial charge < -0.3 is 9.80 Å². The molecule has 0 N–H and O–H groups in total. The predicted octanol–water partition coefficient (Wildman–Crippen LogP) is 2.15. The Kier molecular flexibility index (Phi) is 3.89. The number of aromatic nitrogens is 2. The average Bonchev–Trinajstić information content (AvgIpc) is 2.47. The SMILES string of the molecule is CCN1CCN(c2nc(Cl)c3c(n2)CCCC3)CC1. The summed E-state index contributed by atoms with van der Waals surface area (Å²) in [6.45, 7) is 7.52. The molecule has 0 radical (unpaired) electrons. The van der Waals surface area contributed by atoms with Gasteiger partial charge in [-0.3, -0.25) is 0 Å². The maximum Gasteiger partial charge on any atom is 0.227 e. The third-order valence-corrected chi connectivity index (χ3v) is 4.54. The Bertz CT molecular complexity index is 455. The van der Waals surface area contributed by atoms with Gasteiger partial charge in [0, 0.05) is 31.7 Å². The smallest absolute Gasteiger partial charge is 0.227 e. The first kappa shape index (κ1) is 13.1. The minimum absolute atomic E-state index is 0.678. The van der Waals surface area contributed by atoms with E-state index in [4.69, 9.17) is 16.6 Å². The highest BCUT2D eigenvalue weighted by Gasteiger charge is 2.22. The second-order valence-electron chi connectivity index (χ2n) is 5.37. The third-order valence-electron chi connectivity index (χ3n) is 4.22. The highest BCUT2D eigenvalue weighted by molar-refractivity contribution is 6.30. The molecule has 104 valence electrons. The molecule has 3 rings (SSSR count). The van der Waals surface area contributed by atoms with Crippen molar-refractivity contribution in [1.82, 2.24) is 14.9 Å². The summed E-state index contributed by atoms with van der Waals surface area (Å²) in [6.07, 6.45) is 4.53. The Balaban J connectivity index is 1.80. The van der Waals surface area contributed by atoms with E-state index in [9.17, 15) is 0 Å². The van der Waals surface area contributed by atoms with Crippen molar-refractivity contribution in [1.29, 1.82) is 0 Å². The summed E-state index contributed by atoms with van der Waals surface area (Å²) in [5.74, 6) is 0.835. The van der Waals surface area contributed by atoms with Gasteiger partial charge in [-0.25, -0.2) is 9.97 Å². The summed E-state index contributed by atoms with van der Waals surface area (Å²) in [4.78, 5) is 14.0. The second kappa shape index (κ2) is 5.63. The number of nitrogens with zero attached hydrogens (tertiary/aromatic N) is 4. The van der Waals surface area contributed by atoms with Crippen LogP contribution in [-0.2, 0) is 12.8 Å². The lowest BCUT2D eigenvalue weighted by Crippen LogP contribution is -2.46. The van der Waals surface area contributed by atoms with Gasteiger partial charge in [-0.1, -0.05) is 18.5 Å². The topological polar surface area (TPSA) is 32.3 Å². The minimum Gasteiger partial charge on any atom is -0.338 e. The first-order chi connectivity index (χ1) is 9.28. The summed E-state index contributed by atoms with van der Waals surface area (Å²) in [5, 5.41) is 0.678. The van der Waals surface area contributed by atoms with E-state index in [2.05, 4.69) is 21.7 Å². The van der Waals surface area contributed by atoms with Crippen LogP contribution >= 0.6 is 11.6 Å². The molecule has 1 aliphatic heterocycles. The van der Waals surface area contributed by atoms with Gasteiger partial charge in [-0.05, 0) is 32.2 Å². The summed E-state index contributed by atoms with van der Waals surface area (Å²) in [5.41, 5.74) is 2.36. The van der Waals surface area contributed by atoms with E-state index in [1.807, 2.05) is 0 Å². The Morgan fingerprint density at radius 3 is 2.53 bits per heavy atom. The molecule has 1 aromatic heterocycles. The first-order valence-corrected chi connectivity index (χ1v) is 7.68. The number of fused-ring (bicyclic) bond motifs is 1. The summed E-state index contributed by atoms with van der Waals surface area (Å²) in [7, 11) is 0. The molecule has 1 aliphatic carbocycles. The first-order valence-electron chi connectivity index (χ1n) is 7.30. The summed E-state index contributed by atoms with van der Waals surface area (Å²) < 4.78 is 0. The molecule has 4 nitrogen and oxygen atoms in total. The van der Waals surface area contributed by atoms with Crippen LogP contribution in [0.3, 0.4) is 0 Å². The van der Waals surface area contributed by atoms with E-state index in [1.165, 1.54) is 24.1 Å². The molecule has 0 amide bonds. The Hall–Kier alpha value is -0.870. The monoisotopic (exact) mass is 280 g/mol. The lowest BCUT2D eigenvalue weighted by Gasteiger charge is -2.34. The fourth-order valence-electron chi connectivity index (χ4n) is 2.94. The fourth-order valence-corrected chi connectivity index (χ4v) is 3.22. The molecule has 1 fully saturated rings. The van der Waals surface area contributed by atoms with Crippen LogP contribution in [0.15, 0.2) is 0 Å². The number of halogens is 1. The van der Waals surface area contributed by atoms with Crippen LogP contribution in [0.2, 0.25) is 5.15 Å². The van der Waals surface area contributed by atoms with Crippen molar-refractivity contribution in [3.8, 4) is 0 Å². The number of likely N-dealkylation sites (N-methyl/N-ethyl adjacent to an activating group) is 1. The molecule has 0 spiro atoms. The van der Waals surface area contributed by atoms with E-state index in [-0.39, 0.29) is 0 Å². The van der Waals surface area contributed by atoms with Crippen LogP contribution in [0.1, 0.15) is 31.0 Å². The van der Waals surface area contributed by atoms with Gasteiger partial charge in [-0.15, -0.1) is 0 Å². The van der Waals surface area contributed by atoms with E-state index < -0.39 is 0 Å². The standard InChI is InChI=1S/C14H21ClN4/c1-2-18-7-9-19(10-8-18)14-16-12-6-4-3-5-11(12)13(15)17-14/h2-10H2,1H3. The van der Waals surface area contributed by atoms with Gasteiger partial charge in [0.25, 0.3) is 0 Å². The molecule has 2 heterocycles. The molecule has 0 saturated carbocycles. The number of anilines is 1. The van der Waals surface area contributed by atoms with Crippen LogP contribution in [0.25, 0.3) is 0 Å². The quantitative estimate of drug-likeness (QED) is 0.777. The van der Waals surface area contributed by atoms with E-state index >= 15 is 0 Å². The second-order valence-corrected chi connectivity index (χ2v) is 5.73. The maximum atomic E-state index is 6.33. The Morgan fingerprint density at radius 2 is 1.79 bits per heavy atom. The number of aryl methyl sites for hydroxylation is 1. The van der Waals surface area contributed by atoms with Crippen molar-refractivity contribution in [2.45, 2.75) is 32.6 Å². The largest absolute Gasteiger partial charge is 0.338 e. The van der Waals surface area contributed by atoms with Crippen molar-refractivity contribution >= 4 is 17.5 Å². The van der Waals surface area contributed by atoms with Gasteiger partial charge >= 0.3 is 0 Å². The highest BCUT2D eigenvalue weighted by atomic mass is 35.5. The molecule has 5 heteroatoms. The normalized spacial score (nSPS) is 20.4. The third kappa shape index (κ3) is 2.70. The molecule has 19 heavy (non-hydrogen) atoms. The van der Waals surface area contributed by atoms with Gasteiger partial charge in [0.05, 0.1) is 5.69 Å². The molecule has 0 bridgehead atoms. The maximum absolute atomic E-state index is 6.33. The molecular formula is C14H21ClN4. The van der Waals surface area contributed by atoms with Gasteiger partial charge in [-0.2, -0.15) is 0 Å². The van der Waals surface area contributed by atoms with Gasteiger partial charge in [0.15, 0.2) is 0 Å². The predicted molar refractivity (Wildman–Crippen MR) is 78.0 cm³/mol. The number of hydrogen-bond donors (Lipinski definition) is 0. The van der Waals surface area contributed by atoms with Crippen molar-refractivity contribution in [2.24, 2.45) is 0 Å². The van der Waals surface area contributed by atoms with E-state index in [1.54, 1.807) is 0 Å². The average molecular weight is 281 g/mol. The molecule has 0 unspecified atom stereocenters. The summed E-state index contributed by atoms with van der Waals surface area (Å²) >= 11 is 6.33. The van der Waals surface area contributed by atoms with Gasteiger partial charge in [0.1, 0.15) is 5.15 Å². The van der Waals surface area contributed by atoms with Crippen molar-refractivity contribution in [2.75, 3.05) is 37.6 Å². The lowest BCUT2D eigenvalue weighted by molar-refractivity contribution is 0.270. The van der Waals surface area contributed by atoms with E-state index in [0.717, 1.165) is 51.5 Å². The molecule has 0 atom stereocenters. The summed E-state index contributed by atoms with van der Waals surface area (Å²) in [6, 6.07) is 0. The zero-order chi connectivity index (χ0) is 13.2. The highest BCUT2D eigenvalue weighted by Crippen LogP contribution is 2.27. The molecule has 0 aromatic carbocycles. The van der Waals surface area contributed by atoms with Crippen LogP contribution < -0.4 is 4.90 Å². The van der Waals surface area contributed by atoms with E-state index in [0.29, 0.717) is 5.15 Å². The van der Waals surface area contributed by atoms with Crippen LogP contribution in [0.4, 0.5) is 5.95 Å². The van der Waals surface area contributed by atoms with Crippen LogP contribution in [0, 0.1) is 0 Å².